The molecule has 0 spiro atoms. The maximum absolute atomic E-state index is 1.57. The van der Waals surface area contributed by atoms with Crippen molar-refractivity contribution in [3.63, 3.8) is 0 Å². The molecule has 0 bridgehead atoms. The van der Waals surface area contributed by atoms with Crippen molar-refractivity contribution in [1.29, 1.82) is 0 Å². The van der Waals surface area contributed by atoms with Crippen LogP contribution >= 0.6 is 0 Å². The third kappa shape index (κ3) is 13.3. The fourth-order valence-electron chi connectivity index (χ4n) is 3.86. The fraction of sp³-hybridized carbons (Fsp3) is 1.00. The third-order valence-corrected chi connectivity index (χ3v) is 10.5. The first-order chi connectivity index (χ1) is 10.9. The molecule has 2 aliphatic heterocycles. The van der Waals surface area contributed by atoms with Crippen LogP contribution in [0.15, 0.2) is 0 Å². The molecule has 2 saturated heterocycles. The molecular weight excluding hydrogens is 558 g/mol. The molecule has 2 fully saturated rings. The van der Waals surface area contributed by atoms with Crippen LogP contribution < -0.4 is 48.0 Å². The minimum Gasteiger partial charge on any atom is -1.00 e. The van der Waals surface area contributed by atoms with E-state index < -0.39 is 0 Å². The molecule has 0 radical (unpaired) electrons. The zero-order chi connectivity index (χ0) is 15.3. The first kappa shape index (κ1) is 26.2. The fourth-order valence-corrected chi connectivity index (χ4v) is 8.76. The van der Waals surface area contributed by atoms with E-state index in [1.54, 1.807) is 34.5 Å². The molecule has 0 aliphatic carbocycles. The molecule has 0 amide bonds. The van der Waals surface area contributed by atoms with Gasteiger partial charge in [0, 0.05) is 0 Å². The van der Waals surface area contributed by atoms with Crippen molar-refractivity contribution in [3.05, 3.63) is 0 Å². The van der Waals surface area contributed by atoms with Crippen molar-refractivity contribution >= 4 is 21.8 Å². The normalized spacial score (nSPS) is 18.5. The van der Waals surface area contributed by atoms with Crippen LogP contribution in [0.5, 0.6) is 0 Å². The van der Waals surface area contributed by atoms with E-state index in [0.29, 0.717) is 0 Å². The Labute approximate surface area is 192 Å². The van der Waals surface area contributed by atoms with Gasteiger partial charge in [0.1, 0.15) is 34.5 Å². The molecule has 4 heteroatoms. The summed E-state index contributed by atoms with van der Waals surface area (Å²) in [6, 6.07) is 0. The van der Waals surface area contributed by atoms with E-state index in [2.05, 4.69) is 0 Å². The molecule has 0 atom stereocenters. The largest absolute Gasteiger partial charge is 1.00 e. The Bertz CT molecular complexity index is 226. The summed E-state index contributed by atoms with van der Waals surface area (Å²) in [7, 11) is 1.72. The van der Waals surface area contributed by atoms with Gasteiger partial charge in [-0.2, -0.15) is 0 Å². The average Bonchev–Trinajstić information content (AvgIpc) is 3.21. The lowest BCUT2D eigenvalue weighted by atomic mass is 10.1. The molecule has 24 heavy (non-hydrogen) atoms. The maximum Gasteiger partial charge on any atom is 0.108 e. The van der Waals surface area contributed by atoms with Gasteiger partial charge in [-0.3, -0.25) is 0 Å². The first-order valence-corrected chi connectivity index (χ1v) is 13.7. The lowest BCUT2D eigenvalue weighted by Gasteiger charge is -2.03. The Kier molecular flexibility index (Phi) is 20.2. The van der Waals surface area contributed by atoms with Crippen LogP contribution in [0.1, 0.15) is 89.9 Å². The number of halogens is 2. The summed E-state index contributed by atoms with van der Waals surface area (Å²) in [6.45, 7) is 0. The average molecular weight is 598 g/mol. The molecule has 2 aliphatic rings. The van der Waals surface area contributed by atoms with Crippen LogP contribution in [0.25, 0.3) is 0 Å². The minimum atomic E-state index is 0. The van der Waals surface area contributed by atoms with Crippen LogP contribution in [0.4, 0.5) is 0 Å². The second-order valence-electron chi connectivity index (χ2n) is 7.40. The summed E-state index contributed by atoms with van der Waals surface area (Å²) in [5.41, 5.74) is 0. The van der Waals surface area contributed by atoms with Crippen molar-refractivity contribution in [2.45, 2.75) is 89.9 Å². The zero-order valence-corrected chi connectivity index (χ0v) is 21.7. The Morgan fingerprint density at radius 3 is 0.917 bits per heavy atom. The number of hydrogen-bond donors (Lipinski definition) is 0. The standard InChI is InChI=1S/C20H40S2.2HI/c1(3-5-7-9-15-21-17-11-12-18-21)2-4-6-8-10-16-22-19-13-14-20-22;;/h1-20H2;2*1H/q+2;;/p-2. The van der Waals surface area contributed by atoms with Gasteiger partial charge in [-0.1, -0.05) is 38.5 Å². The van der Waals surface area contributed by atoms with Crippen LogP contribution in [-0.4, -0.2) is 34.5 Å². The highest BCUT2D eigenvalue weighted by molar-refractivity contribution is 7.97. The van der Waals surface area contributed by atoms with Crippen molar-refractivity contribution in [1.82, 2.24) is 0 Å². The van der Waals surface area contributed by atoms with Gasteiger partial charge in [0.25, 0.3) is 0 Å². The highest BCUT2D eigenvalue weighted by atomic mass is 127. The summed E-state index contributed by atoms with van der Waals surface area (Å²) in [4.78, 5) is 0. The SMILES string of the molecule is C(CCCCCC[S+]1CCCC1)CCCCC[S+]1CCCC1.[I-].[I-]. The molecular formula is C20H40I2S2. The molecule has 0 aromatic heterocycles. The van der Waals surface area contributed by atoms with Crippen LogP contribution in [0.2, 0.25) is 0 Å². The van der Waals surface area contributed by atoms with Crippen molar-refractivity contribution in [3.8, 4) is 0 Å². The summed E-state index contributed by atoms with van der Waals surface area (Å²) < 4.78 is 0. The minimum absolute atomic E-state index is 0. The van der Waals surface area contributed by atoms with Gasteiger partial charge in [-0.05, 0) is 73.2 Å². The Balaban J connectivity index is 0.00000264. The molecule has 0 unspecified atom stereocenters. The number of unbranched alkanes of at least 4 members (excludes halogenated alkanes) is 9. The van der Waals surface area contributed by atoms with E-state index in [9.17, 15) is 0 Å². The summed E-state index contributed by atoms with van der Waals surface area (Å²) >= 11 is 0. The molecule has 0 nitrogen and oxygen atoms in total. The van der Waals surface area contributed by atoms with E-state index in [-0.39, 0.29) is 48.0 Å². The molecule has 0 N–H and O–H groups in total. The predicted octanol–water partition coefficient (Wildman–Crippen LogP) is -0.280. The number of hydrogen-bond acceptors (Lipinski definition) is 0. The predicted molar refractivity (Wildman–Crippen MR) is 109 cm³/mol. The lowest BCUT2D eigenvalue weighted by molar-refractivity contribution is -0.001000. The summed E-state index contributed by atoms with van der Waals surface area (Å²) in [5, 5.41) is 0. The van der Waals surface area contributed by atoms with Gasteiger partial charge in [0.05, 0.1) is 0 Å². The van der Waals surface area contributed by atoms with Crippen molar-refractivity contribution in [2.24, 2.45) is 0 Å². The molecule has 146 valence electrons. The van der Waals surface area contributed by atoms with Crippen LogP contribution in [0.3, 0.4) is 0 Å². The summed E-state index contributed by atoms with van der Waals surface area (Å²) in [6.07, 6.45) is 21.3. The van der Waals surface area contributed by atoms with Crippen LogP contribution in [-0.2, 0) is 21.8 Å². The highest BCUT2D eigenvalue weighted by Crippen LogP contribution is 2.18. The van der Waals surface area contributed by atoms with Crippen LogP contribution in [0, 0.1) is 0 Å². The zero-order valence-electron chi connectivity index (χ0n) is 15.7. The van der Waals surface area contributed by atoms with E-state index >= 15 is 0 Å². The third-order valence-electron chi connectivity index (χ3n) is 5.35. The van der Waals surface area contributed by atoms with E-state index in [4.69, 9.17) is 0 Å². The Morgan fingerprint density at radius 2 is 0.625 bits per heavy atom. The summed E-state index contributed by atoms with van der Waals surface area (Å²) in [5.74, 6) is 9.42. The first-order valence-electron chi connectivity index (χ1n) is 10.2. The lowest BCUT2D eigenvalue weighted by Crippen LogP contribution is -3.00. The second-order valence-corrected chi connectivity index (χ2v) is 12.3. The van der Waals surface area contributed by atoms with Gasteiger partial charge >= 0.3 is 0 Å². The molecule has 2 heterocycles. The smallest absolute Gasteiger partial charge is 0.108 e. The van der Waals surface area contributed by atoms with Gasteiger partial charge in [-0.25, -0.2) is 0 Å². The van der Waals surface area contributed by atoms with Crippen molar-refractivity contribution < 1.29 is 48.0 Å². The van der Waals surface area contributed by atoms with E-state index in [1.807, 2.05) is 0 Å². The molecule has 0 saturated carbocycles. The second kappa shape index (κ2) is 18.5. The maximum atomic E-state index is 1.57. The van der Waals surface area contributed by atoms with Crippen molar-refractivity contribution in [2.75, 3.05) is 34.5 Å². The highest BCUT2D eigenvalue weighted by Gasteiger charge is 2.23. The van der Waals surface area contributed by atoms with Gasteiger partial charge in [-0.15, -0.1) is 0 Å². The molecule has 2 rings (SSSR count). The Hall–Kier alpha value is 2.16. The Morgan fingerprint density at radius 1 is 0.375 bits per heavy atom. The van der Waals surface area contributed by atoms with Gasteiger partial charge < -0.3 is 48.0 Å². The van der Waals surface area contributed by atoms with E-state index in [1.165, 1.54) is 89.9 Å². The topological polar surface area (TPSA) is 0 Å². The van der Waals surface area contributed by atoms with Gasteiger partial charge in [0.2, 0.25) is 0 Å². The molecule has 0 aromatic carbocycles. The monoisotopic (exact) mass is 598 g/mol. The van der Waals surface area contributed by atoms with Gasteiger partial charge in [0.15, 0.2) is 0 Å². The van der Waals surface area contributed by atoms with E-state index in [0.717, 1.165) is 21.8 Å². The molecule has 0 aromatic rings. The quantitative estimate of drug-likeness (QED) is 0.156. The number of rotatable bonds is 13.